The number of halogens is 1. The average molecular weight is 483 g/mol. The van der Waals surface area contributed by atoms with Gasteiger partial charge in [0.25, 0.3) is 0 Å². The SMILES string of the molecule is Cc1cc(C)c(NC(=O)C2CCN(Cc3nc(-c4ccc(Br)cc4)no3)CC2)c(C)c1. The summed E-state index contributed by atoms with van der Waals surface area (Å²) in [5.41, 5.74) is 5.31. The maximum Gasteiger partial charge on any atom is 0.241 e. The molecule has 2 heterocycles. The van der Waals surface area contributed by atoms with Crippen LogP contribution in [0.4, 0.5) is 5.69 Å². The second-order valence-electron chi connectivity index (χ2n) is 8.33. The third-order valence-electron chi connectivity index (χ3n) is 5.81. The monoisotopic (exact) mass is 482 g/mol. The van der Waals surface area contributed by atoms with Gasteiger partial charge in [-0.2, -0.15) is 4.98 Å². The molecule has 1 aliphatic rings. The molecule has 0 spiro atoms. The van der Waals surface area contributed by atoms with Crippen LogP contribution in [0.2, 0.25) is 0 Å². The van der Waals surface area contributed by atoms with E-state index in [1.807, 2.05) is 38.1 Å². The highest BCUT2D eigenvalue weighted by Crippen LogP contribution is 2.26. The Balaban J connectivity index is 1.31. The molecular formula is C24H27BrN4O2. The van der Waals surface area contributed by atoms with Gasteiger partial charge in [0, 0.05) is 21.6 Å². The second-order valence-corrected chi connectivity index (χ2v) is 9.25. The minimum Gasteiger partial charge on any atom is -0.338 e. The number of carbonyl (C=O) groups is 1. The smallest absolute Gasteiger partial charge is 0.241 e. The summed E-state index contributed by atoms with van der Waals surface area (Å²) >= 11 is 3.43. The molecule has 0 aliphatic carbocycles. The molecule has 1 aromatic heterocycles. The molecule has 0 atom stereocenters. The van der Waals surface area contributed by atoms with Crippen LogP contribution >= 0.6 is 15.9 Å². The first-order chi connectivity index (χ1) is 14.9. The van der Waals surface area contributed by atoms with Gasteiger partial charge < -0.3 is 9.84 Å². The average Bonchev–Trinajstić information content (AvgIpc) is 3.20. The van der Waals surface area contributed by atoms with E-state index >= 15 is 0 Å². The fourth-order valence-electron chi connectivity index (χ4n) is 4.18. The molecule has 1 aliphatic heterocycles. The maximum atomic E-state index is 12.8. The fourth-order valence-corrected chi connectivity index (χ4v) is 4.45. The predicted molar refractivity (Wildman–Crippen MR) is 125 cm³/mol. The lowest BCUT2D eigenvalue weighted by Crippen LogP contribution is -2.38. The van der Waals surface area contributed by atoms with Gasteiger partial charge in [0.2, 0.25) is 17.6 Å². The van der Waals surface area contributed by atoms with Crippen LogP contribution in [0, 0.1) is 26.7 Å². The summed E-state index contributed by atoms with van der Waals surface area (Å²) in [6.07, 6.45) is 1.65. The number of aryl methyl sites for hydroxylation is 3. The third-order valence-corrected chi connectivity index (χ3v) is 6.34. The first-order valence-corrected chi connectivity index (χ1v) is 11.4. The minimum absolute atomic E-state index is 0.0253. The van der Waals surface area contributed by atoms with Crippen LogP contribution in [-0.4, -0.2) is 34.0 Å². The molecule has 1 amide bonds. The van der Waals surface area contributed by atoms with E-state index in [9.17, 15) is 4.79 Å². The summed E-state index contributed by atoms with van der Waals surface area (Å²) in [6.45, 7) is 8.44. The van der Waals surface area contributed by atoms with Crippen LogP contribution in [0.5, 0.6) is 0 Å². The maximum absolute atomic E-state index is 12.8. The number of hydrogen-bond acceptors (Lipinski definition) is 5. The molecule has 0 bridgehead atoms. The number of nitrogens with zero attached hydrogens (tertiary/aromatic N) is 3. The molecular weight excluding hydrogens is 456 g/mol. The number of hydrogen-bond donors (Lipinski definition) is 1. The van der Waals surface area contributed by atoms with Crippen LogP contribution in [0.1, 0.15) is 35.4 Å². The Bertz CT molecular complexity index is 1050. The standard InChI is InChI=1S/C24H27BrN4O2/c1-15-12-16(2)22(17(3)13-15)27-24(30)19-8-10-29(11-9-19)14-21-26-23(28-31-21)18-4-6-20(25)7-5-18/h4-7,12-13,19H,8-11,14H2,1-3H3,(H,27,30). The summed E-state index contributed by atoms with van der Waals surface area (Å²) in [7, 11) is 0. The topological polar surface area (TPSA) is 71.3 Å². The van der Waals surface area contributed by atoms with Gasteiger partial charge in [-0.25, -0.2) is 0 Å². The molecule has 0 unspecified atom stereocenters. The van der Waals surface area contributed by atoms with E-state index in [4.69, 9.17) is 4.52 Å². The lowest BCUT2D eigenvalue weighted by Gasteiger charge is -2.30. The van der Waals surface area contributed by atoms with Crippen molar-refractivity contribution in [2.45, 2.75) is 40.2 Å². The Morgan fingerprint density at radius 1 is 1.13 bits per heavy atom. The Kier molecular flexibility index (Phi) is 6.53. The second kappa shape index (κ2) is 9.32. The molecule has 0 saturated carbocycles. The summed E-state index contributed by atoms with van der Waals surface area (Å²) in [5, 5.41) is 7.27. The van der Waals surface area contributed by atoms with Gasteiger partial charge in [-0.3, -0.25) is 9.69 Å². The predicted octanol–water partition coefficient (Wildman–Crippen LogP) is 5.28. The van der Waals surface area contributed by atoms with Gasteiger partial charge in [-0.05, 0) is 82.1 Å². The summed E-state index contributed by atoms with van der Waals surface area (Å²) in [6, 6.07) is 12.1. The van der Waals surface area contributed by atoms with Crippen LogP contribution in [0.15, 0.2) is 45.4 Å². The largest absolute Gasteiger partial charge is 0.338 e. The van der Waals surface area contributed by atoms with Crippen molar-refractivity contribution in [1.82, 2.24) is 15.0 Å². The van der Waals surface area contributed by atoms with Crippen molar-refractivity contribution >= 4 is 27.5 Å². The van der Waals surface area contributed by atoms with Gasteiger partial charge in [0.1, 0.15) is 0 Å². The van der Waals surface area contributed by atoms with Crippen molar-refractivity contribution in [3.05, 3.63) is 63.5 Å². The highest BCUT2D eigenvalue weighted by molar-refractivity contribution is 9.10. The molecule has 4 rings (SSSR count). The van der Waals surface area contributed by atoms with E-state index < -0.39 is 0 Å². The van der Waals surface area contributed by atoms with E-state index in [1.54, 1.807) is 0 Å². The van der Waals surface area contributed by atoms with Crippen LogP contribution in [-0.2, 0) is 11.3 Å². The van der Waals surface area contributed by atoms with Gasteiger partial charge in [-0.1, -0.05) is 38.8 Å². The molecule has 2 aromatic carbocycles. The number of rotatable bonds is 5. The van der Waals surface area contributed by atoms with Gasteiger partial charge >= 0.3 is 0 Å². The number of carbonyl (C=O) groups excluding carboxylic acids is 1. The molecule has 31 heavy (non-hydrogen) atoms. The number of anilines is 1. The Labute approximate surface area is 191 Å². The lowest BCUT2D eigenvalue weighted by atomic mass is 9.95. The first-order valence-electron chi connectivity index (χ1n) is 10.6. The summed E-state index contributed by atoms with van der Waals surface area (Å²) < 4.78 is 6.46. The lowest BCUT2D eigenvalue weighted by molar-refractivity contribution is -0.121. The molecule has 162 valence electrons. The van der Waals surface area contributed by atoms with Gasteiger partial charge in [0.15, 0.2) is 0 Å². The third kappa shape index (κ3) is 5.22. The van der Waals surface area contributed by atoms with E-state index in [2.05, 4.69) is 55.3 Å². The van der Waals surface area contributed by atoms with Crippen molar-refractivity contribution in [3.63, 3.8) is 0 Å². The normalized spacial score (nSPS) is 15.2. The zero-order chi connectivity index (χ0) is 22.0. The molecule has 1 saturated heterocycles. The quantitative estimate of drug-likeness (QED) is 0.535. The Morgan fingerprint density at radius 3 is 2.42 bits per heavy atom. The Hall–Kier alpha value is -2.51. The zero-order valence-electron chi connectivity index (χ0n) is 18.1. The Morgan fingerprint density at radius 2 is 1.77 bits per heavy atom. The number of nitrogens with one attached hydrogen (secondary N) is 1. The number of amides is 1. The van der Waals surface area contributed by atoms with Crippen molar-refractivity contribution in [2.75, 3.05) is 18.4 Å². The number of benzene rings is 2. The van der Waals surface area contributed by atoms with Crippen LogP contribution in [0.3, 0.4) is 0 Å². The highest BCUT2D eigenvalue weighted by atomic mass is 79.9. The minimum atomic E-state index is 0.0253. The van der Waals surface area contributed by atoms with Crippen molar-refractivity contribution < 1.29 is 9.32 Å². The van der Waals surface area contributed by atoms with E-state index in [1.165, 1.54) is 5.56 Å². The number of aromatic nitrogens is 2. The van der Waals surface area contributed by atoms with E-state index in [0.717, 1.165) is 52.8 Å². The van der Waals surface area contributed by atoms with Gasteiger partial charge in [-0.15, -0.1) is 0 Å². The molecule has 3 aromatic rings. The van der Waals surface area contributed by atoms with Crippen LogP contribution < -0.4 is 5.32 Å². The molecule has 6 nitrogen and oxygen atoms in total. The molecule has 0 radical (unpaired) electrons. The van der Waals surface area contributed by atoms with Crippen LogP contribution in [0.25, 0.3) is 11.4 Å². The number of likely N-dealkylation sites (tertiary alicyclic amines) is 1. The molecule has 1 fully saturated rings. The first kappa shape index (κ1) is 21.7. The van der Waals surface area contributed by atoms with Crippen molar-refractivity contribution in [3.8, 4) is 11.4 Å². The fraction of sp³-hybridized carbons (Fsp3) is 0.375. The number of piperidine rings is 1. The van der Waals surface area contributed by atoms with Gasteiger partial charge in [0.05, 0.1) is 6.54 Å². The van der Waals surface area contributed by atoms with Crippen molar-refractivity contribution in [2.24, 2.45) is 5.92 Å². The van der Waals surface area contributed by atoms with E-state index in [0.29, 0.717) is 18.3 Å². The summed E-state index contributed by atoms with van der Waals surface area (Å²) in [4.78, 5) is 19.6. The van der Waals surface area contributed by atoms with E-state index in [-0.39, 0.29) is 11.8 Å². The highest BCUT2D eigenvalue weighted by Gasteiger charge is 2.26. The summed E-state index contributed by atoms with van der Waals surface area (Å²) in [5.74, 6) is 1.34. The van der Waals surface area contributed by atoms with Crippen molar-refractivity contribution in [1.29, 1.82) is 0 Å². The zero-order valence-corrected chi connectivity index (χ0v) is 19.7. The molecule has 7 heteroatoms. The molecule has 1 N–H and O–H groups in total.